The molecule has 3 nitrogen and oxygen atoms in total. The average Bonchev–Trinajstić information content (AvgIpc) is 2.75. The molecule has 0 spiro atoms. The van der Waals surface area contributed by atoms with E-state index in [4.69, 9.17) is 5.73 Å². The van der Waals surface area contributed by atoms with E-state index in [-0.39, 0.29) is 0 Å². The molecule has 0 bridgehead atoms. The molecule has 1 aromatic heterocycles. The largest absolute Gasteiger partial charge is 0.330 e. The van der Waals surface area contributed by atoms with Crippen LogP contribution < -0.4 is 5.73 Å². The Morgan fingerprint density at radius 3 is 2.29 bits per heavy atom. The number of nitrogens with two attached hydrogens (primary N) is 1. The molecule has 2 aromatic rings. The summed E-state index contributed by atoms with van der Waals surface area (Å²) in [4.78, 5) is 0. The minimum absolute atomic E-state index is 0.370. The normalized spacial score (nSPS) is 11.1. The molecule has 0 amide bonds. The highest BCUT2D eigenvalue weighted by atomic mass is 19.1. The fourth-order valence-corrected chi connectivity index (χ4v) is 2.71. The molecule has 5 heteroatoms. The van der Waals surface area contributed by atoms with Crippen LogP contribution in [0.4, 0.5) is 8.78 Å². The van der Waals surface area contributed by atoms with Crippen LogP contribution in [0.25, 0.3) is 0 Å². The zero-order valence-corrected chi connectivity index (χ0v) is 12.5. The summed E-state index contributed by atoms with van der Waals surface area (Å²) in [5.74, 6) is -1.12. The molecule has 0 aliphatic carbocycles. The van der Waals surface area contributed by atoms with Gasteiger partial charge in [0.15, 0.2) is 0 Å². The number of rotatable bonds is 6. The third-order valence-corrected chi connectivity index (χ3v) is 3.57. The van der Waals surface area contributed by atoms with Crippen molar-refractivity contribution >= 4 is 0 Å². The third-order valence-electron chi connectivity index (χ3n) is 3.57. The molecule has 0 aliphatic rings. The highest BCUT2D eigenvalue weighted by molar-refractivity contribution is 5.28. The van der Waals surface area contributed by atoms with Crippen molar-refractivity contribution in [3.05, 3.63) is 52.3 Å². The molecule has 0 saturated carbocycles. The Morgan fingerprint density at radius 1 is 1.10 bits per heavy atom. The number of halogens is 2. The van der Waals surface area contributed by atoms with E-state index in [1.54, 1.807) is 0 Å². The molecule has 0 radical (unpaired) electrons. The fraction of sp³-hybridized carbons (Fsp3) is 0.438. The standard InChI is InChI=1S/C16H21F2N3/c1-3-15-14(5-6-19)16(4-2)21(20-15)10-11-7-12(17)9-13(18)8-11/h7-9H,3-6,10,19H2,1-2H3. The van der Waals surface area contributed by atoms with E-state index in [1.807, 2.05) is 11.6 Å². The Bertz CT molecular complexity index is 600. The predicted octanol–water partition coefficient (Wildman–Crippen LogP) is 2.84. The minimum Gasteiger partial charge on any atom is -0.330 e. The van der Waals surface area contributed by atoms with Crippen molar-refractivity contribution in [3.63, 3.8) is 0 Å². The van der Waals surface area contributed by atoms with Gasteiger partial charge < -0.3 is 5.73 Å². The van der Waals surface area contributed by atoms with Gasteiger partial charge in [-0.15, -0.1) is 0 Å². The summed E-state index contributed by atoms with van der Waals surface area (Å²) in [7, 11) is 0. The number of nitrogens with zero attached hydrogens (tertiary/aromatic N) is 2. The van der Waals surface area contributed by atoms with Crippen molar-refractivity contribution in [1.29, 1.82) is 0 Å². The number of hydrogen-bond donors (Lipinski definition) is 1. The van der Waals surface area contributed by atoms with Crippen LogP contribution in [0.15, 0.2) is 18.2 Å². The van der Waals surface area contributed by atoms with E-state index in [2.05, 4.69) is 12.0 Å². The zero-order chi connectivity index (χ0) is 15.4. The Hall–Kier alpha value is -1.75. The van der Waals surface area contributed by atoms with Crippen molar-refractivity contribution in [3.8, 4) is 0 Å². The van der Waals surface area contributed by atoms with Gasteiger partial charge in [-0.3, -0.25) is 4.68 Å². The Labute approximate surface area is 123 Å². The summed E-state index contributed by atoms with van der Waals surface area (Å²) in [6.45, 7) is 5.04. The van der Waals surface area contributed by atoms with Crippen LogP contribution in [0.5, 0.6) is 0 Å². The maximum Gasteiger partial charge on any atom is 0.126 e. The van der Waals surface area contributed by atoms with Gasteiger partial charge in [-0.25, -0.2) is 8.78 Å². The molecule has 2 N–H and O–H groups in total. The van der Waals surface area contributed by atoms with Gasteiger partial charge >= 0.3 is 0 Å². The second kappa shape index (κ2) is 6.80. The summed E-state index contributed by atoms with van der Waals surface area (Å²) < 4.78 is 28.4. The molecular formula is C16H21F2N3. The summed E-state index contributed by atoms with van der Waals surface area (Å²) in [6.07, 6.45) is 2.43. The maximum atomic E-state index is 13.3. The monoisotopic (exact) mass is 293 g/mol. The smallest absolute Gasteiger partial charge is 0.126 e. The molecule has 0 saturated heterocycles. The van der Waals surface area contributed by atoms with Gasteiger partial charge in [0.1, 0.15) is 11.6 Å². The summed E-state index contributed by atoms with van der Waals surface area (Å²) >= 11 is 0. The summed E-state index contributed by atoms with van der Waals surface area (Å²) in [5, 5.41) is 4.59. The Balaban J connectivity index is 2.39. The lowest BCUT2D eigenvalue weighted by molar-refractivity contribution is 0.571. The fourth-order valence-electron chi connectivity index (χ4n) is 2.71. The van der Waals surface area contributed by atoms with Gasteiger partial charge in [0.05, 0.1) is 12.2 Å². The van der Waals surface area contributed by atoms with E-state index in [0.717, 1.165) is 36.7 Å². The quantitative estimate of drug-likeness (QED) is 0.890. The molecule has 1 heterocycles. The van der Waals surface area contributed by atoms with Gasteiger partial charge in [-0.05, 0) is 49.1 Å². The molecule has 114 valence electrons. The van der Waals surface area contributed by atoms with Crippen molar-refractivity contribution < 1.29 is 8.78 Å². The highest BCUT2D eigenvalue weighted by Gasteiger charge is 2.15. The first kappa shape index (κ1) is 15.6. The lowest BCUT2D eigenvalue weighted by Crippen LogP contribution is -2.09. The van der Waals surface area contributed by atoms with Crippen molar-refractivity contribution in [2.24, 2.45) is 5.73 Å². The van der Waals surface area contributed by atoms with E-state index in [1.165, 1.54) is 17.7 Å². The van der Waals surface area contributed by atoms with Crippen LogP contribution in [0.2, 0.25) is 0 Å². The van der Waals surface area contributed by atoms with Gasteiger partial charge in [0.25, 0.3) is 0 Å². The number of benzene rings is 1. The first-order chi connectivity index (χ1) is 10.1. The molecule has 0 atom stereocenters. The first-order valence-electron chi connectivity index (χ1n) is 7.31. The van der Waals surface area contributed by atoms with E-state index < -0.39 is 11.6 Å². The summed E-state index contributed by atoms with van der Waals surface area (Å²) in [6, 6.07) is 3.57. The Morgan fingerprint density at radius 2 is 1.76 bits per heavy atom. The topological polar surface area (TPSA) is 43.8 Å². The second-order valence-corrected chi connectivity index (χ2v) is 5.05. The SMILES string of the molecule is CCc1nn(Cc2cc(F)cc(F)c2)c(CC)c1CCN. The summed E-state index contributed by atoms with van der Waals surface area (Å²) in [5.41, 5.74) is 9.55. The van der Waals surface area contributed by atoms with Crippen LogP contribution >= 0.6 is 0 Å². The van der Waals surface area contributed by atoms with Gasteiger partial charge in [0, 0.05) is 11.8 Å². The number of aryl methyl sites for hydroxylation is 1. The maximum absolute atomic E-state index is 13.3. The van der Waals surface area contributed by atoms with E-state index >= 15 is 0 Å². The molecule has 0 aliphatic heterocycles. The minimum atomic E-state index is -0.562. The third kappa shape index (κ3) is 3.47. The van der Waals surface area contributed by atoms with E-state index in [9.17, 15) is 8.78 Å². The Kier molecular flexibility index (Phi) is 5.07. The molecule has 1 aromatic carbocycles. The van der Waals surface area contributed by atoms with Gasteiger partial charge in [0.2, 0.25) is 0 Å². The van der Waals surface area contributed by atoms with Crippen molar-refractivity contribution in [2.75, 3.05) is 6.54 Å². The molecular weight excluding hydrogens is 272 g/mol. The number of hydrogen-bond acceptors (Lipinski definition) is 2. The molecule has 2 rings (SSSR count). The van der Waals surface area contributed by atoms with E-state index in [0.29, 0.717) is 18.7 Å². The molecule has 0 fully saturated rings. The van der Waals surface area contributed by atoms with Gasteiger partial charge in [-0.2, -0.15) is 5.10 Å². The van der Waals surface area contributed by atoms with Crippen LogP contribution in [0.3, 0.4) is 0 Å². The van der Waals surface area contributed by atoms with Crippen LogP contribution in [-0.4, -0.2) is 16.3 Å². The number of aromatic nitrogens is 2. The molecule has 21 heavy (non-hydrogen) atoms. The molecule has 0 unspecified atom stereocenters. The lowest BCUT2D eigenvalue weighted by atomic mass is 10.1. The average molecular weight is 293 g/mol. The first-order valence-corrected chi connectivity index (χ1v) is 7.31. The second-order valence-electron chi connectivity index (χ2n) is 5.05. The van der Waals surface area contributed by atoms with Crippen molar-refractivity contribution in [2.45, 2.75) is 39.7 Å². The zero-order valence-electron chi connectivity index (χ0n) is 12.5. The van der Waals surface area contributed by atoms with Gasteiger partial charge in [-0.1, -0.05) is 13.8 Å². The highest BCUT2D eigenvalue weighted by Crippen LogP contribution is 2.19. The van der Waals surface area contributed by atoms with Crippen molar-refractivity contribution in [1.82, 2.24) is 9.78 Å². The van der Waals surface area contributed by atoms with Crippen LogP contribution in [0, 0.1) is 11.6 Å². The van der Waals surface area contributed by atoms with Crippen LogP contribution in [-0.2, 0) is 25.8 Å². The lowest BCUT2D eigenvalue weighted by Gasteiger charge is -2.08. The predicted molar refractivity (Wildman–Crippen MR) is 79.2 cm³/mol. The van der Waals surface area contributed by atoms with Crippen LogP contribution in [0.1, 0.15) is 36.4 Å².